The van der Waals surface area contributed by atoms with Crippen LogP contribution in [0.2, 0.25) is 39.3 Å². The number of nitrogens with one attached hydrogen (secondary N) is 1. The summed E-state index contributed by atoms with van der Waals surface area (Å²) < 4.78 is 3.74. The van der Waals surface area contributed by atoms with E-state index in [1.165, 1.54) is 0 Å². The van der Waals surface area contributed by atoms with Gasteiger partial charge in [-0.1, -0.05) is 39.3 Å². The summed E-state index contributed by atoms with van der Waals surface area (Å²) in [6, 6.07) is 0. The third-order valence-electron chi connectivity index (χ3n) is 0.750. The van der Waals surface area contributed by atoms with Crippen molar-refractivity contribution < 1.29 is 32.7 Å². The summed E-state index contributed by atoms with van der Waals surface area (Å²) in [4.78, 5) is 0. The Kier molecular flexibility index (Phi) is 6.33. The van der Waals surface area contributed by atoms with Crippen molar-refractivity contribution in [2.75, 3.05) is 0 Å². The second kappa shape index (κ2) is 4.51. The van der Waals surface area contributed by atoms with Gasteiger partial charge in [0.15, 0.2) is 0 Å². The SMILES string of the molecule is C[Si](C)(C)N[Si](C)(C)C.[Y]. The summed E-state index contributed by atoms with van der Waals surface area (Å²) in [6.07, 6.45) is 0. The Morgan fingerprint density at radius 3 is 0.900 bits per heavy atom. The van der Waals surface area contributed by atoms with Crippen molar-refractivity contribution in [1.82, 2.24) is 4.65 Å². The first kappa shape index (κ1) is 14.0. The fourth-order valence-electron chi connectivity index (χ4n) is 1.12. The van der Waals surface area contributed by atoms with E-state index in [1.54, 1.807) is 0 Å². The first-order chi connectivity index (χ1) is 3.71. The van der Waals surface area contributed by atoms with Gasteiger partial charge in [-0.05, 0) is 0 Å². The number of hydrogen-bond acceptors (Lipinski definition) is 1. The van der Waals surface area contributed by atoms with E-state index < -0.39 is 16.5 Å². The van der Waals surface area contributed by atoms with Gasteiger partial charge in [0, 0.05) is 32.7 Å². The minimum atomic E-state index is -0.981. The van der Waals surface area contributed by atoms with Crippen molar-refractivity contribution in [1.29, 1.82) is 0 Å². The van der Waals surface area contributed by atoms with E-state index in [2.05, 4.69) is 43.9 Å². The summed E-state index contributed by atoms with van der Waals surface area (Å²) in [6.45, 7) is 14.1. The van der Waals surface area contributed by atoms with E-state index in [9.17, 15) is 0 Å². The first-order valence-corrected chi connectivity index (χ1v) is 10.5. The molecule has 0 aromatic heterocycles. The average molecular weight is 250 g/mol. The molecule has 0 rings (SSSR count). The molecule has 0 heterocycles. The van der Waals surface area contributed by atoms with Crippen molar-refractivity contribution in [2.24, 2.45) is 0 Å². The van der Waals surface area contributed by atoms with Crippen LogP contribution in [0, 0.1) is 0 Å². The molecule has 1 nitrogen and oxygen atoms in total. The molecule has 0 unspecified atom stereocenters. The second-order valence-corrected chi connectivity index (χ2v) is 14.6. The molecule has 0 fully saturated rings. The van der Waals surface area contributed by atoms with E-state index in [0.717, 1.165) is 0 Å². The Hall–Kier alpha value is 1.50. The molecule has 0 atom stereocenters. The van der Waals surface area contributed by atoms with Crippen molar-refractivity contribution >= 4 is 16.5 Å². The van der Waals surface area contributed by atoms with Gasteiger partial charge in [-0.3, -0.25) is 0 Å². The molecule has 0 aromatic carbocycles. The molecule has 0 spiro atoms. The van der Waals surface area contributed by atoms with E-state index in [1.807, 2.05) is 0 Å². The summed E-state index contributed by atoms with van der Waals surface area (Å²) in [5.74, 6) is 0. The van der Waals surface area contributed by atoms with E-state index in [-0.39, 0.29) is 32.7 Å². The molecule has 4 heteroatoms. The van der Waals surface area contributed by atoms with Gasteiger partial charge in [-0.25, -0.2) is 0 Å². The molecular formula is C6H19NSi2Y. The number of rotatable bonds is 2. The first-order valence-electron chi connectivity index (χ1n) is 3.50. The van der Waals surface area contributed by atoms with Crippen LogP contribution in [-0.2, 0) is 32.7 Å². The summed E-state index contributed by atoms with van der Waals surface area (Å²) in [7, 11) is -1.96. The van der Waals surface area contributed by atoms with Crippen LogP contribution in [0.15, 0.2) is 0 Å². The molecule has 0 aliphatic rings. The van der Waals surface area contributed by atoms with Crippen LogP contribution in [0.4, 0.5) is 0 Å². The zero-order valence-corrected chi connectivity index (χ0v) is 12.9. The van der Waals surface area contributed by atoms with E-state index >= 15 is 0 Å². The topological polar surface area (TPSA) is 12.0 Å². The van der Waals surface area contributed by atoms with Gasteiger partial charge in [-0.2, -0.15) is 0 Å². The van der Waals surface area contributed by atoms with Crippen LogP contribution in [0.1, 0.15) is 0 Å². The monoisotopic (exact) mass is 250 g/mol. The fourth-order valence-corrected chi connectivity index (χ4v) is 10.1. The van der Waals surface area contributed by atoms with Crippen LogP contribution in [-0.4, -0.2) is 16.5 Å². The largest absolute Gasteiger partial charge is 0.360 e. The van der Waals surface area contributed by atoms with Crippen LogP contribution in [0.25, 0.3) is 0 Å². The molecule has 1 radical (unpaired) electrons. The van der Waals surface area contributed by atoms with Gasteiger partial charge in [0.25, 0.3) is 0 Å². The van der Waals surface area contributed by atoms with Crippen molar-refractivity contribution in [2.45, 2.75) is 39.3 Å². The van der Waals surface area contributed by atoms with Gasteiger partial charge in [-0.15, -0.1) is 0 Å². The fraction of sp³-hybridized carbons (Fsp3) is 1.00. The van der Waals surface area contributed by atoms with E-state index in [4.69, 9.17) is 0 Å². The van der Waals surface area contributed by atoms with Crippen LogP contribution >= 0.6 is 0 Å². The quantitative estimate of drug-likeness (QED) is 0.741. The van der Waals surface area contributed by atoms with Crippen LogP contribution in [0.3, 0.4) is 0 Å². The van der Waals surface area contributed by atoms with Gasteiger partial charge in [0.1, 0.15) is 16.5 Å². The maximum atomic E-state index is 3.74. The summed E-state index contributed by atoms with van der Waals surface area (Å²) in [5, 5.41) is 0. The maximum Gasteiger partial charge on any atom is 0.109 e. The Labute approximate surface area is 92.4 Å². The van der Waals surface area contributed by atoms with Gasteiger partial charge in [0.05, 0.1) is 0 Å². The molecule has 0 bridgehead atoms. The molecular weight excluding hydrogens is 231 g/mol. The van der Waals surface area contributed by atoms with Gasteiger partial charge < -0.3 is 4.65 Å². The molecule has 0 saturated heterocycles. The Morgan fingerprint density at radius 2 is 0.900 bits per heavy atom. The zero-order valence-electron chi connectivity index (χ0n) is 8.08. The standard InChI is InChI=1S/C6H19NSi2.Y/c1-8(2,3)7-9(4,5)6;/h7H,1-6H3;. The second-order valence-electron chi connectivity index (χ2n) is 4.62. The minimum absolute atomic E-state index is 0. The Bertz CT molecular complexity index is 80.9. The molecule has 0 saturated carbocycles. The maximum absolute atomic E-state index is 3.74. The van der Waals surface area contributed by atoms with Crippen molar-refractivity contribution in [3.05, 3.63) is 0 Å². The van der Waals surface area contributed by atoms with Crippen molar-refractivity contribution in [3.8, 4) is 0 Å². The average Bonchev–Trinajstić information content (AvgIpc) is 1.14. The molecule has 0 aromatic rings. The van der Waals surface area contributed by atoms with Crippen LogP contribution < -0.4 is 4.65 Å². The Morgan fingerprint density at radius 1 is 0.700 bits per heavy atom. The Balaban J connectivity index is 0. The normalized spacial score (nSPS) is 12.6. The molecule has 1 N–H and O–H groups in total. The minimum Gasteiger partial charge on any atom is -0.360 e. The van der Waals surface area contributed by atoms with Crippen LogP contribution in [0.5, 0.6) is 0 Å². The summed E-state index contributed by atoms with van der Waals surface area (Å²) in [5.41, 5.74) is 0. The third-order valence-corrected chi connectivity index (χ3v) is 6.75. The molecule has 0 aliphatic heterocycles. The molecule has 59 valence electrons. The molecule has 0 aliphatic carbocycles. The zero-order chi connectivity index (χ0) is 7.71. The summed E-state index contributed by atoms with van der Waals surface area (Å²) >= 11 is 0. The number of hydrogen-bond donors (Lipinski definition) is 1. The predicted octanol–water partition coefficient (Wildman–Crippen LogP) is 2.24. The molecule has 0 amide bonds. The van der Waals surface area contributed by atoms with Crippen molar-refractivity contribution in [3.63, 3.8) is 0 Å². The van der Waals surface area contributed by atoms with Gasteiger partial charge in [0.2, 0.25) is 0 Å². The molecule has 10 heavy (non-hydrogen) atoms. The van der Waals surface area contributed by atoms with Gasteiger partial charge >= 0.3 is 0 Å². The van der Waals surface area contributed by atoms with E-state index in [0.29, 0.717) is 0 Å². The smallest absolute Gasteiger partial charge is 0.109 e. The predicted molar refractivity (Wildman–Crippen MR) is 49.8 cm³/mol. The third kappa shape index (κ3) is 12.2.